The Kier molecular flexibility index (Phi) is 2.85. The number of carbonyl (C=O) groups is 1. The lowest BCUT2D eigenvalue weighted by Gasteiger charge is -1.88. The summed E-state index contributed by atoms with van der Waals surface area (Å²) in [5.74, 6) is -0.916. The van der Waals surface area contributed by atoms with Crippen molar-refractivity contribution in [2.45, 2.75) is 8.55 Å². The van der Waals surface area contributed by atoms with Gasteiger partial charge in [0.2, 0.25) is 0 Å². The lowest BCUT2D eigenvalue weighted by molar-refractivity contribution is 0.0702. The molecule has 0 spiro atoms. The topological polar surface area (TPSA) is 50.2 Å². The maximum Gasteiger partial charge on any atom is 0.347 e. The van der Waals surface area contributed by atoms with Gasteiger partial charge in [0.05, 0.1) is 10.4 Å². The first-order chi connectivity index (χ1) is 6.75. The van der Waals surface area contributed by atoms with E-state index in [1.54, 1.807) is 11.3 Å². The molecule has 0 radical (unpaired) electrons. The highest BCUT2D eigenvalue weighted by Crippen LogP contribution is 2.33. The number of carboxylic acid groups (broad SMARTS) is 1. The number of thiophene rings is 1. The average Bonchev–Trinajstić information content (AvgIpc) is 2.75. The summed E-state index contributed by atoms with van der Waals surface area (Å²) >= 11 is 4.31. The average molecular weight is 243 g/mol. The van der Waals surface area contributed by atoms with Crippen molar-refractivity contribution in [3.05, 3.63) is 28.6 Å². The first-order valence-corrected chi connectivity index (χ1v) is 6.17. The molecule has 2 heterocycles. The van der Waals surface area contributed by atoms with Crippen LogP contribution >= 0.6 is 34.4 Å². The quantitative estimate of drug-likeness (QED) is 0.900. The van der Waals surface area contributed by atoms with Crippen molar-refractivity contribution >= 4 is 40.4 Å². The van der Waals surface area contributed by atoms with Crippen LogP contribution in [0.25, 0.3) is 0 Å². The Bertz CT molecular complexity index is 435. The molecule has 3 nitrogen and oxygen atoms in total. The molecule has 0 atom stereocenters. The summed E-state index contributed by atoms with van der Waals surface area (Å²) in [7, 11) is 0. The van der Waals surface area contributed by atoms with Crippen LogP contribution in [-0.4, -0.2) is 16.1 Å². The third kappa shape index (κ3) is 2.14. The zero-order valence-corrected chi connectivity index (χ0v) is 9.29. The molecule has 0 saturated heterocycles. The second kappa shape index (κ2) is 4.12. The van der Waals surface area contributed by atoms with E-state index in [1.807, 2.05) is 17.5 Å². The van der Waals surface area contributed by atoms with Crippen molar-refractivity contribution in [2.75, 3.05) is 0 Å². The van der Waals surface area contributed by atoms with Crippen LogP contribution < -0.4 is 0 Å². The monoisotopic (exact) mass is 243 g/mol. The molecule has 0 aliphatic heterocycles. The summed E-state index contributed by atoms with van der Waals surface area (Å²) in [6.45, 7) is 0. The molecule has 0 unspecified atom stereocenters. The van der Waals surface area contributed by atoms with E-state index < -0.39 is 5.97 Å². The first kappa shape index (κ1) is 9.70. The number of aromatic nitrogens is 1. The molecule has 14 heavy (non-hydrogen) atoms. The van der Waals surface area contributed by atoms with E-state index >= 15 is 0 Å². The van der Waals surface area contributed by atoms with E-state index in [2.05, 4.69) is 4.98 Å². The second-order valence-electron chi connectivity index (χ2n) is 2.33. The number of aromatic carboxylic acids is 1. The molecule has 2 aromatic heterocycles. The van der Waals surface area contributed by atoms with E-state index in [1.165, 1.54) is 29.3 Å². The lowest BCUT2D eigenvalue weighted by Crippen LogP contribution is -1.89. The minimum Gasteiger partial charge on any atom is -0.477 e. The molecule has 72 valence electrons. The van der Waals surface area contributed by atoms with Gasteiger partial charge in [-0.15, -0.1) is 22.7 Å². The molecule has 0 aromatic carbocycles. The van der Waals surface area contributed by atoms with Gasteiger partial charge in [-0.25, -0.2) is 9.78 Å². The molecule has 6 heteroatoms. The Hall–Kier alpha value is -0.850. The van der Waals surface area contributed by atoms with E-state index in [0.29, 0.717) is 0 Å². The van der Waals surface area contributed by atoms with Crippen molar-refractivity contribution in [3.8, 4) is 0 Å². The normalized spacial score (nSPS) is 10.3. The highest BCUT2D eigenvalue weighted by atomic mass is 32.2. The predicted octanol–water partition coefficient (Wildman–Crippen LogP) is 3.05. The van der Waals surface area contributed by atoms with E-state index in [-0.39, 0.29) is 4.88 Å². The zero-order valence-electron chi connectivity index (χ0n) is 6.84. The van der Waals surface area contributed by atoms with Crippen LogP contribution in [0, 0.1) is 0 Å². The lowest BCUT2D eigenvalue weighted by atomic mass is 10.6. The second-order valence-corrected chi connectivity index (χ2v) is 5.86. The number of nitrogens with zero attached hydrogens (tertiary/aromatic N) is 1. The zero-order chi connectivity index (χ0) is 9.97. The van der Waals surface area contributed by atoms with Crippen LogP contribution in [0.3, 0.4) is 0 Å². The number of thiazole rings is 1. The van der Waals surface area contributed by atoms with Gasteiger partial charge in [-0.2, -0.15) is 0 Å². The Morgan fingerprint density at radius 3 is 3.00 bits per heavy atom. The van der Waals surface area contributed by atoms with Crippen LogP contribution in [-0.2, 0) is 0 Å². The van der Waals surface area contributed by atoms with Gasteiger partial charge in [-0.05, 0) is 23.2 Å². The third-order valence-corrected chi connectivity index (χ3v) is 4.48. The number of hydrogen-bond donors (Lipinski definition) is 1. The molecule has 0 bridgehead atoms. The van der Waals surface area contributed by atoms with Crippen molar-refractivity contribution < 1.29 is 9.90 Å². The number of carboxylic acids is 1. The number of hydrogen-bond acceptors (Lipinski definition) is 5. The van der Waals surface area contributed by atoms with Crippen LogP contribution in [0.4, 0.5) is 0 Å². The summed E-state index contributed by atoms with van der Waals surface area (Å²) in [4.78, 5) is 14.9. The van der Waals surface area contributed by atoms with Gasteiger partial charge in [-0.3, -0.25) is 0 Å². The van der Waals surface area contributed by atoms with E-state index in [0.717, 1.165) is 8.55 Å². The Balaban J connectivity index is 2.14. The SMILES string of the molecule is O=C(O)c1cnc(Sc2cccs2)s1. The minimum absolute atomic E-state index is 0.282. The molecule has 0 saturated carbocycles. The first-order valence-electron chi connectivity index (χ1n) is 3.66. The summed E-state index contributed by atoms with van der Waals surface area (Å²) in [5.41, 5.74) is 0. The standard InChI is InChI=1S/C8H5NO2S3/c10-7(11)5-4-9-8(13-5)14-6-2-1-3-12-6/h1-4H,(H,10,11). The molecule has 0 fully saturated rings. The van der Waals surface area contributed by atoms with Crippen molar-refractivity contribution in [3.63, 3.8) is 0 Å². The highest BCUT2D eigenvalue weighted by molar-refractivity contribution is 8.02. The maximum absolute atomic E-state index is 10.6. The van der Waals surface area contributed by atoms with Crippen LogP contribution in [0.15, 0.2) is 32.3 Å². The van der Waals surface area contributed by atoms with Gasteiger partial charge < -0.3 is 5.11 Å². The van der Waals surface area contributed by atoms with Gasteiger partial charge in [0, 0.05) is 0 Å². The fraction of sp³-hybridized carbons (Fsp3) is 0. The molecule has 0 amide bonds. The Morgan fingerprint density at radius 2 is 2.43 bits per heavy atom. The van der Waals surface area contributed by atoms with E-state index in [9.17, 15) is 4.79 Å². The molecule has 0 aliphatic rings. The van der Waals surface area contributed by atoms with Gasteiger partial charge >= 0.3 is 5.97 Å². The Morgan fingerprint density at radius 1 is 1.57 bits per heavy atom. The molecule has 2 rings (SSSR count). The van der Waals surface area contributed by atoms with Crippen LogP contribution in [0.5, 0.6) is 0 Å². The summed E-state index contributed by atoms with van der Waals surface area (Å²) in [5, 5.41) is 10.7. The fourth-order valence-electron chi connectivity index (χ4n) is 0.812. The largest absolute Gasteiger partial charge is 0.477 e. The minimum atomic E-state index is -0.916. The van der Waals surface area contributed by atoms with Gasteiger partial charge in [0.15, 0.2) is 4.34 Å². The summed E-state index contributed by atoms with van der Waals surface area (Å²) in [6, 6.07) is 3.94. The van der Waals surface area contributed by atoms with Crippen LogP contribution in [0.1, 0.15) is 9.67 Å². The van der Waals surface area contributed by atoms with E-state index in [4.69, 9.17) is 5.11 Å². The maximum atomic E-state index is 10.6. The molecule has 1 N–H and O–H groups in total. The smallest absolute Gasteiger partial charge is 0.347 e. The number of rotatable bonds is 3. The Labute approximate surface area is 92.4 Å². The predicted molar refractivity (Wildman–Crippen MR) is 57.5 cm³/mol. The van der Waals surface area contributed by atoms with Crippen molar-refractivity contribution in [1.82, 2.24) is 4.98 Å². The molecular weight excluding hydrogens is 238 g/mol. The van der Waals surface area contributed by atoms with Crippen molar-refractivity contribution in [1.29, 1.82) is 0 Å². The van der Waals surface area contributed by atoms with Gasteiger partial charge in [0.25, 0.3) is 0 Å². The third-order valence-electron chi connectivity index (χ3n) is 1.38. The van der Waals surface area contributed by atoms with Crippen molar-refractivity contribution in [2.24, 2.45) is 0 Å². The summed E-state index contributed by atoms with van der Waals surface area (Å²) < 4.78 is 1.89. The highest BCUT2D eigenvalue weighted by Gasteiger charge is 2.09. The van der Waals surface area contributed by atoms with Gasteiger partial charge in [0.1, 0.15) is 4.88 Å². The van der Waals surface area contributed by atoms with Crippen LogP contribution in [0.2, 0.25) is 0 Å². The molecule has 0 aliphatic carbocycles. The fourth-order valence-corrected chi connectivity index (χ4v) is 3.63. The molecule has 2 aromatic rings. The van der Waals surface area contributed by atoms with Gasteiger partial charge in [-0.1, -0.05) is 6.07 Å². The summed E-state index contributed by atoms with van der Waals surface area (Å²) in [6.07, 6.45) is 1.39. The molecular formula is C8H5NO2S3.